The Kier molecular flexibility index (Phi) is 4.23. The second-order valence-electron chi connectivity index (χ2n) is 9.98. The van der Waals surface area contributed by atoms with Crippen LogP contribution in [-0.4, -0.2) is 47.6 Å². The second kappa shape index (κ2) is 6.93. The van der Waals surface area contributed by atoms with Crippen molar-refractivity contribution in [1.82, 2.24) is 9.88 Å². The zero-order valence-corrected chi connectivity index (χ0v) is 18.6. The molecule has 2 fully saturated rings. The van der Waals surface area contributed by atoms with Gasteiger partial charge in [0, 0.05) is 67.3 Å². The predicted octanol–water partition coefficient (Wildman–Crippen LogP) is 3.41. The number of aromatic nitrogens is 1. The van der Waals surface area contributed by atoms with Gasteiger partial charge in [-0.15, -0.1) is 0 Å². The van der Waals surface area contributed by atoms with Crippen molar-refractivity contribution in [3.8, 4) is 6.07 Å². The molecule has 6 heteroatoms. The zero-order valence-electron chi connectivity index (χ0n) is 18.6. The summed E-state index contributed by atoms with van der Waals surface area (Å²) in [6.07, 6.45) is 1.77. The van der Waals surface area contributed by atoms with Crippen LogP contribution in [0.3, 0.4) is 0 Å². The molecule has 2 unspecified atom stereocenters. The lowest BCUT2D eigenvalue weighted by atomic mass is 9.92. The van der Waals surface area contributed by atoms with Crippen molar-refractivity contribution in [2.45, 2.75) is 38.0 Å². The minimum absolute atomic E-state index is 0.0652. The number of rotatable bonds is 2. The van der Waals surface area contributed by atoms with E-state index in [2.05, 4.69) is 69.9 Å². The van der Waals surface area contributed by atoms with Gasteiger partial charge in [-0.2, -0.15) is 5.26 Å². The summed E-state index contributed by atoms with van der Waals surface area (Å²) in [5.41, 5.74) is 12.9. The third kappa shape index (κ3) is 2.96. The smallest absolute Gasteiger partial charge is 0.101 e. The fourth-order valence-corrected chi connectivity index (χ4v) is 5.84. The van der Waals surface area contributed by atoms with E-state index in [1.54, 1.807) is 6.20 Å². The number of hydrogen-bond acceptors (Lipinski definition) is 6. The van der Waals surface area contributed by atoms with Gasteiger partial charge >= 0.3 is 0 Å². The van der Waals surface area contributed by atoms with Gasteiger partial charge in [-0.05, 0) is 61.4 Å². The lowest BCUT2D eigenvalue weighted by Gasteiger charge is -2.47. The van der Waals surface area contributed by atoms with E-state index in [0.29, 0.717) is 17.6 Å². The maximum atomic E-state index is 9.50. The highest BCUT2D eigenvalue weighted by atomic mass is 15.3. The second-order valence-corrected chi connectivity index (χ2v) is 9.98. The van der Waals surface area contributed by atoms with E-state index < -0.39 is 0 Å². The molecule has 0 spiro atoms. The molecule has 0 saturated carbocycles. The summed E-state index contributed by atoms with van der Waals surface area (Å²) >= 11 is 0. The number of anilines is 2. The van der Waals surface area contributed by atoms with Crippen LogP contribution in [0.1, 0.15) is 36.6 Å². The Labute approximate surface area is 188 Å². The molecule has 4 heterocycles. The van der Waals surface area contributed by atoms with Crippen molar-refractivity contribution < 1.29 is 0 Å². The average molecular weight is 425 g/mol. The highest BCUT2D eigenvalue weighted by Crippen LogP contribution is 2.42. The number of nitrogens with two attached hydrogens (primary N) is 1. The van der Waals surface area contributed by atoms with Crippen LogP contribution in [-0.2, 0) is 6.54 Å². The van der Waals surface area contributed by atoms with Gasteiger partial charge in [0.1, 0.15) is 6.07 Å². The van der Waals surface area contributed by atoms with Crippen molar-refractivity contribution in [1.29, 1.82) is 5.26 Å². The van der Waals surface area contributed by atoms with Crippen LogP contribution in [0.15, 0.2) is 48.7 Å². The van der Waals surface area contributed by atoms with E-state index in [1.165, 1.54) is 22.5 Å². The Hall–Kier alpha value is -3.14. The van der Waals surface area contributed by atoms with Crippen LogP contribution >= 0.6 is 0 Å². The quantitative estimate of drug-likeness (QED) is 0.680. The maximum absolute atomic E-state index is 9.50. The van der Waals surface area contributed by atoms with Crippen LogP contribution < -0.4 is 15.5 Å². The lowest BCUT2D eigenvalue weighted by Crippen LogP contribution is -2.65. The molecule has 2 N–H and O–H groups in total. The Morgan fingerprint density at radius 2 is 1.97 bits per heavy atom. The van der Waals surface area contributed by atoms with Crippen molar-refractivity contribution >= 4 is 22.3 Å². The molecule has 2 aromatic carbocycles. The van der Waals surface area contributed by atoms with Crippen LogP contribution in [0.4, 0.5) is 11.4 Å². The topological polar surface area (TPSA) is 72.4 Å². The molecule has 1 aromatic heterocycles. The summed E-state index contributed by atoms with van der Waals surface area (Å²) in [7, 11) is 0. The van der Waals surface area contributed by atoms with Gasteiger partial charge in [-0.3, -0.25) is 9.88 Å². The van der Waals surface area contributed by atoms with Crippen molar-refractivity contribution in [3.63, 3.8) is 0 Å². The molecule has 0 radical (unpaired) electrons. The molecule has 162 valence electrons. The molecule has 6 rings (SSSR count). The number of pyridine rings is 1. The molecule has 3 aromatic rings. The van der Waals surface area contributed by atoms with Gasteiger partial charge in [-0.1, -0.05) is 6.07 Å². The molecule has 6 nitrogen and oxygen atoms in total. The number of fused-ring (bicyclic) bond motifs is 4. The first kappa shape index (κ1) is 19.5. The largest absolute Gasteiger partial charge is 0.368 e. The first-order valence-corrected chi connectivity index (χ1v) is 11.4. The van der Waals surface area contributed by atoms with Crippen LogP contribution in [0.2, 0.25) is 0 Å². The maximum Gasteiger partial charge on any atom is 0.101 e. The van der Waals surface area contributed by atoms with E-state index in [0.717, 1.165) is 43.6 Å². The number of nitriles is 1. The van der Waals surface area contributed by atoms with Crippen LogP contribution in [0, 0.1) is 11.3 Å². The molecular weight excluding hydrogens is 396 g/mol. The summed E-state index contributed by atoms with van der Waals surface area (Å²) in [4.78, 5) is 12.0. The zero-order chi connectivity index (χ0) is 22.0. The van der Waals surface area contributed by atoms with E-state index in [4.69, 9.17) is 5.73 Å². The predicted molar refractivity (Wildman–Crippen MR) is 128 cm³/mol. The number of hydrogen-bond donors (Lipinski definition) is 1. The molecule has 2 atom stereocenters. The van der Waals surface area contributed by atoms with Crippen molar-refractivity contribution in [2.24, 2.45) is 5.73 Å². The Morgan fingerprint density at radius 3 is 2.75 bits per heavy atom. The van der Waals surface area contributed by atoms with Gasteiger partial charge in [0.25, 0.3) is 0 Å². The summed E-state index contributed by atoms with van der Waals surface area (Å²) in [6.45, 7) is 9.20. The Bertz CT molecular complexity index is 1250. The van der Waals surface area contributed by atoms with Gasteiger partial charge in [0.05, 0.1) is 17.1 Å². The van der Waals surface area contributed by atoms with Crippen LogP contribution in [0.25, 0.3) is 10.9 Å². The lowest BCUT2D eigenvalue weighted by molar-refractivity contribution is 0.134. The van der Waals surface area contributed by atoms with E-state index in [9.17, 15) is 5.26 Å². The summed E-state index contributed by atoms with van der Waals surface area (Å²) in [5, 5.41) is 10.6. The standard InChI is InChI=1S/C26H28N6/c1-17-12-30(23-8-5-18(11-27)25-22(23)4-3-9-29-25)14-24-21-7-6-20(10-19(21)13-32(17)24)31-15-26(2,28)16-31/h3-10,17,24H,12-16,28H2,1-2H3. The molecule has 32 heavy (non-hydrogen) atoms. The molecule has 0 aliphatic carbocycles. The number of piperazine rings is 1. The molecule has 3 aliphatic rings. The van der Waals surface area contributed by atoms with Gasteiger partial charge in [0.2, 0.25) is 0 Å². The van der Waals surface area contributed by atoms with Crippen molar-refractivity contribution in [2.75, 3.05) is 36.0 Å². The first-order chi connectivity index (χ1) is 15.4. The molecule has 0 amide bonds. The van der Waals surface area contributed by atoms with E-state index in [-0.39, 0.29) is 5.54 Å². The van der Waals surface area contributed by atoms with Gasteiger partial charge in [-0.25, -0.2) is 0 Å². The fourth-order valence-electron chi connectivity index (χ4n) is 5.84. The minimum Gasteiger partial charge on any atom is -0.368 e. The number of benzene rings is 2. The van der Waals surface area contributed by atoms with Crippen LogP contribution in [0.5, 0.6) is 0 Å². The van der Waals surface area contributed by atoms with E-state index in [1.807, 2.05) is 12.1 Å². The number of nitrogens with zero attached hydrogens (tertiary/aromatic N) is 5. The summed E-state index contributed by atoms with van der Waals surface area (Å²) in [5.74, 6) is 0. The molecule has 2 saturated heterocycles. The fraction of sp³-hybridized carbons (Fsp3) is 0.385. The minimum atomic E-state index is -0.0652. The SMILES string of the molecule is CC1CN(c2ccc(C#N)c3ncccc23)CC2c3ccc(N4CC(C)(N)C4)cc3CN12. The Balaban J connectivity index is 1.32. The third-order valence-electron chi connectivity index (χ3n) is 7.36. The van der Waals surface area contributed by atoms with Gasteiger partial charge in [0.15, 0.2) is 0 Å². The molecular formula is C26H28N6. The first-order valence-electron chi connectivity index (χ1n) is 11.4. The van der Waals surface area contributed by atoms with E-state index >= 15 is 0 Å². The third-order valence-corrected chi connectivity index (χ3v) is 7.36. The van der Waals surface area contributed by atoms with Gasteiger partial charge < -0.3 is 15.5 Å². The highest BCUT2D eigenvalue weighted by molar-refractivity contribution is 5.95. The monoisotopic (exact) mass is 424 g/mol. The Morgan fingerprint density at radius 1 is 1.12 bits per heavy atom. The average Bonchev–Trinajstić information content (AvgIpc) is 3.15. The normalized spacial score (nSPS) is 24.1. The molecule has 0 bridgehead atoms. The summed E-state index contributed by atoms with van der Waals surface area (Å²) < 4.78 is 0. The highest BCUT2D eigenvalue weighted by Gasteiger charge is 2.40. The van der Waals surface area contributed by atoms with Crippen molar-refractivity contribution in [3.05, 3.63) is 65.4 Å². The summed E-state index contributed by atoms with van der Waals surface area (Å²) in [6, 6.07) is 18.1. The molecule has 3 aliphatic heterocycles.